The topological polar surface area (TPSA) is 62.5 Å². The summed E-state index contributed by atoms with van der Waals surface area (Å²) in [5.74, 6) is 0.119. The summed E-state index contributed by atoms with van der Waals surface area (Å²) in [7, 11) is 1.70. The Kier molecular flexibility index (Phi) is 6.18. The van der Waals surface area contributed by atoms with Gasteiger partial charge in [-0.2, -0.15) is 0 Å². The number of anilines is 1. The molecule has 8 heteroatoms. The lowest BCUT2D eigenvalue weighted by Crippen LogP contribution is -2.29. The van der Waals surface area contributed by atoms with Crippen molar-refractivity contribution in [3.63, 3.8) is 0 Å². The van der Waals surface area contributed by atoms with Crippen molar-refractivity contribution in [3.05, 3.63) is 76.3 Å². The van der Waals surface area contributed by atoms with E-state index in [-0.39, 0.29) is 17.8 Å². The number of hydrogen-bond donors (Lipinski definition) is 2. The molecule has 1 fully saturated rings. The Labute approximate surface area is 192 Å². The molecule has 2 atom stereocenters. The number of thiocarbonyl (C=S) groups is 1. The molecule has 0 aliphatic carbocycles. The number of aromatic hydroxyl groups is 1. The van der Waals surface area contributed by atoms with Crippen molar-refractivity contribution in [2.75, 3.05) is 18.6 Å². The molecule has 4 rings (SSSR count). The van der Waals surface area contributed by atoms with E-state index >= 15 is 0 Å². The molecule has 2 aromatic heterocycles. The molecular weight excluding hydrogens is 432 g/mol. The molecule has 1 aliphatic heterocycles. The Morgan fingerprint density at radius 2 is 2.03 bits per heavy atom. The summed E-state index contributed by atoms with van der Waals surface area (Å²) in [5.41, 5.74) is 4.81. The van der Waals surface area contributed by atoms with Gasteiger partial charge in [-0.15, -0.1) is 0 Å². The van der Waals surface area contributed by atoms with Crippen molar-refractivity contribution in [1.82, 2.24) is 14.9 Å². The molecule has 31 heavy (non-hydrogen) atoms. The third kappa shape index (κ3) is 4.01. The van der Waals surface area contributed by atoms with Crippen molar-refractivity contribution in [2.24, 2.45) is 0 Å². The van der Waals surface area contributed by atoms with E-state index in [2.05, 4.69) is 34.8 Å². The van der Waals surface area contributed by atoms with E-state index in [9.17, 15) is 5.11 Å². The zero-order valence-corrected chi connectivity index (χ0v) is 19.2. The zero-order valence-electron chi connectivity index (χ0n) is 17.7. The number of nitrogens with zero attached hydrogens (tertiary/aromatic N) is 3. The summed E-state index contributed by atoms with van der Waals surface area (Å²) in [5, 5.41) is 15.1. The van der Waals surface area contributed by atoms with Crippen LogP contribution < -0.4 is 10.2 Å². The van der Waals surface area contributed by atoms with Crippen molar-refractivity contribution >= 4 is 34.6 Å². The molecule has 0 spiro atoms. The normalized spacial score (nSPS) is 18.5. The number of aryl methyl sites for hydroxylation is 1. The highest BCUT2D eigenvalue weighted by atomic mass is 35.5. The fraction of sp³-hybridized carbons (Fsp3) is 0.304. The highest BCUT2D eigenvalue weighted by Gasteiger charge is 2.43. The fourth-order valence-electron chi connectivity index (χ4n) is 4.27. The van der Waals surface area contributed by atoms with Crippen LogP contribution in [0.25, 0.3) is 0 Å². The number of benzene rings is 1. The predicted octanol–water partition coefficient (Wildman–Crippen LogP) is 4.68. The Morgan fingerprint density at radius 1 is 1.23 bits per heavy atom. The van der Waals surface area contributed by atoms with Crippen LogP contribution in [0.3, 0.4) is 0 Å². The maximum absolute atomic E-state index is 10.7. The molecule has 0 radical (unpaired) electrons. The first-order valence-electron chi connectivity index (χ1n) is 10.1. The molecule has 6 nitrogen and oxygen atoms in total. The molecule has 0 amide bonds. The van der Waals surface area contributed by atoms with Gasteiger partial charge >= 0.3 is 0 Å². The molecule has 1 aliphatic rings. The summed E-state index contributed by atoms with van der Waals surface area (Å²) in [4.78, 5) is 6.53. The second-order valence-corrected chi connectivity index (χ2v) is 8.42. The summed E-state index contributed by atoms with van der Waals surface area (Å²) >= 11 is 12.0. The number of hydrogen-bond acceptors (Lipinski definition) is 4. The van der Waals surface area contributed by atoms with Crippen molar-refractivity contribution in [1.29, 1.82) is 0 Å². The molecule has 2 N–H and O–H groups in total. The average molecular weight is 457 g/mol. The lowest BCUT2D eigenvalue weighted by Gasteiger charge is -2.28. The van der Waals surface area contributed by atoms with E-state index in [0.717, 1.165) is 29.2 Å². The van der Waals surface area contributed by atoms with Crippen molar-refractivity contribution < 1.29 is 9.84 Å². The average Bonchev–Trinajstić information content (AvgIpc) is 3.24. The number of nitrogens with one attached hydrogen (secondary N) is 1. The number of aromatic nitrogens is 2. The van der Waals surface area contributed by atoms with Gasteiger partial charge in [0.15, 0.2) is 5.11 Å². The molecule has 3 heterocycles. The van der Waals surface area contributed by atoms with Gasteiger partial charge in [0.1, 0.15) is 5.75 Å². The van der Waals surface area contributed by atoms with E-state index in [1.54, 1.807) is 31.5 Å². The van der Waals surface area contributed by atoms with Crippen LogP contribution in [0.2, 0.25) is 5.02 Å². The fourth-order valence-corrected chi connectivity index (χ4v) is 4.78. The molecule has 0 bridgehead atoms. The Bertz CT molecular complexity index is 1100. The van der Waals surface area contributed by atoms with Crippen LogP contribution in [0.15, 0.2) is 48.7 Å². The third-order valence-electron chi connectivity index (χ3n) is 5.75. The number of halogens is 1. The molecule has 1 aromatic carbocycles. The minimum absolute atomic E-state index is 0.119. The number of pyridine rings is 1. The number of phenolic OH excluding ortho intramolecular Hbond substituents is 1. The van der Waals surface area contributed by atoms with Gasteiger partial charge in [-0.1, -0.05) is 17.7 Å². The largest absolute Gasteiger partial charge is 0.506 e. The van der Waals surface area contributed by atoms with Crippen LogP contribution in [-0.2, 0) is 11.3 Å². The van der Waals surface area contributed by atoms with Gasteiger partial charge in [-0.25, -0.2) is 0 Å². The second-order valence-electron chi connectivity index (χ2n) is 7.60. The van der Waals surface area contributed by atoms with Crippen LogP contribution in [0.4, 0.5) is 5.69 Å². The smallest absolute Gasteiger partial charge is 0.174 e. The third-order valence-corrected chi connectivity index (χ3v) is 6.30. The molecule has 162 valence electrons. The lowest BCUT2D eigenvalue weighted by atomic mass is 9.96. The monoisotopic (exact) mass is 456 g/mol. The minimum Gasteiger partial charge on any atom is -0.506 e. The Balaban J connectivity index is 1.88. The summed E-state index contributed by atoms with van der Waals surface area (Å²) in [6, 6.07) is 12.6. The predicted molar refractivity (Wildman–Crippen MR) is 127 cm³/mol. The van der Waals surface area contributed by atoms with Crippen LogP contribution in [0.5, 0.6) is 5.75 Å². The van der Waals surface area contributed by atoms with Crippen molar-refractivity contribution in [3.8, 4) is 5.75 Å². The highest BCUT2D eigenvalue weighted by molar-refractivity contribution is 7.80. The SMILES string of the molecule is COCCn1c(C)cc([C@@H]2[C@H](c3ccccn3)NC(=S)N2c2cc(Cl)ccc2O)c1C. The number of phenols is 1. The van der Waals surface area contributed by atoms with E-state index in [1.807, 2.05) is 23.1 Å². The van der Waals surface area contributed by atoms with Crippen molar-refractivity contribution in [2.45, 2.75) is 32.5 Å². The van der Waals surface area contributed by atoms with Crippen LogP contribution >= 0.6 is 23.8 Å². The molecule has 0 unspecified atom stereocenters. The van der Waals surface area contributed by atoms with Gasteiger partial charge in [-0.05, 0) is 68.0 Å². The molecule has 1 saturated heterocycles. The van der Waals surface area contributed by atoms with Gasteiger partial charge < -0.3 is 24.6 Å². The minimum atomic E-state index is -0.214. The Morgan fingerprint density at radius 3 is 2.74 bits per heavy atom. The first-order chi connectivity index (χ1) is 14.9. The van der Waals surface area contributed by atoms with E-state index < -0.39 is 0 Å². The van der Waals surface area contributed by atoms with E-state index in [0.29, 0.717) is 22.4 Å². The van der Waals surface area contributed by atoms with Gasteiger partial charge in [0.2, 0.25) is 0 Å². The summed E-state index contributed by atoms with van der Waals surface area (Å²) in [6.45, 7) is 5.57. The molecule has 0 saturated carbocycles. The first-order valence-corrected chi connectivity index (χ1v) is 10.9. The first kappa shape index (κ1) is 21.6. The van der Waals surface area contributed by atoms with Gasteiger partial charge in [-0.3, -0.25) is 4.98 Å². The molecule has 3 aromatic rings. The van der Waals surface area contributed by atoms with Crippen LogP contribution in [0.1, 0.15) is 34.7 Å². The Hall–Kier alpha value is -2.61. The summed E-state index contributed by atoms with van der Waals surface area (Å²) < 4.78 is 7.54. The quantitative estimate of drug-likeness (QED) is 0.525. The van der Waals surface area contributed by atoms with E-state index in [4.69, 9.17) is 28.6 Å². The maximum atomic E-state index is 10.7. The van der Waals surface area contributed by atoms with Gasteiger partial charge in [0.05, 0.1) is 30.1 Å². The number of methoxy groups -OCH3 is 1. The van der Waals surface area contributed by atoms with Crippen LogP contribution in [-0.4, -0.2) is 33.5 Å². The summed E-state index contributed by atoms with van der Waals surface area (Å²) in [6.07, 6.45) is 1.78. The maximum Gasteiger partial charge on any atom is 0.174 e. The van der Waals surface area contributed by atoms with E-state index in [1.165, 1.54) is 0 Å². The molecular formula is C23H25ClN4O2S. The van der Waals surface area contributed by atoms with Gasteiger partial charge in [0.25, 0.3) is 0 Å². The number of ether oxygens (including phenoxy) is 1. The van der Waals surface area contributed by atoms with Gasteiger partial charge in [0, 0.05) is 36.3 Å². The highest BCUT2D eigenvalue weighted by Crippen LogP contribution is 2.46. The lowest BCUT2D eigenvalue weighted by molar-refractivity contribution is 0.186. The number of rotatable bonds is 6. The zero-order chi connectivity index (χ0) is 22.1. The van der Waals surface area contributed by atoms with Crippen LogP contribution in [0, 0.1) is 13.8 Å². The second kappa shape index (κ2) is 8.86. The standard InChI is InChI=1S/C23H25ClN4O2S/c1-14-12-17(15(2)27(14)10-11-30-3)22-21(18-6-4-5-9-25-18)26-23(31)28(22)19-13-16(24)7-8-20(19)29/h4-9,12-13,21-22,29H,10-11H2,1-3H3,(H,26,31)/t21-,22+/m0/s1.